The number of nitrogens with one attached hydrogen (secondary N) is 1. The van der Waals surface area contributed by atoms with Gasteiger partial charge in [0.1, 0.15) is 10.7 Å². The minimum absolute atomic E-state index is 0.164. The van der Waals surface area contributed by atoms with Crippen LogP contribution in [0.25, 0.3) is 0 Å². The predicted molar refractivity (Wildman–Crippen MR) is 76.3 cm³/mol. The lowest BCUT2D eigenvalue weighted by Gasteiger charge is -2.11. The first kappa shape index (κ1) is 14.5. The Kier molecular flexibility index (Phi) is 4.05. The molecule has 0 aromatic carbocycles. The van der Waals surface area contributed by atoms with E-state index in [0.717, 1.165) is 16.5 Å². The van der Waals surface area contributed by atoms with E-state index in [2.05, 4.69) is 15.4 Å². The molecule has 7 nitrogen and oxygen atoms in total. The van der Waals surface area contributed by atoms with Crippen molar-refractivity contribution in [2.24, 2.45) is 0 Å². The Bertz CT molecular complexity index is 676. The van der Waals surface area contributed by atoms with Crippen molar-refractivity contribution in [3.63, 3.8) is 0 Å². The second-order valence-corrected chi connectivity index (χ2v) is 6.53. The first-order valence-corrected chi connectivity index (χ1v) is 7.55. The fourth-order valence-electron chi connectivity index (χ4n) is 1.57. The van der Waals surface area contributed by atoms with E-state index < -0.39 is 10.0 Å². The Balaban J connectivity index is 2.16. The number of nitrogens with zero attached hydrogens (tertiary/aromatic N) is 4. The first-order chi connectivity index (χ1) is 9.43. The number of aromatic nitrogens is 3. The number of sulfonamides is 1. The van der Waals surface area contributed by atoms with Crippen LogP contribution in [0.5, 0.6) is 0 Å². The van der Waals surface area contributed by atoms with Gasteiger partial charge in [-0.2, -0.15) is 5.10 Å². The summed E-state index contributed by atoms with van der Waals surface area (Å²) in [5.41, 5.74) is 0.808. The third-order valence-corrected chi connectivity index (χ3v) is 4.54. The zero-order chi connectivity index (χ0) is 14.8. The third kappa shape index (κ3) is 2.97. The summed E-state index contributed by atoms with van der Waals surface area (Å²) in [6.07, 6.45) is 4.88. The van der Waals surface area contributed by atoms with Crippen LogP contribution in [0.3, 0.4) is 0 Å². The SMILES string of the molecule is CCn1cc(Nc2ccc(S(=O)(=O)N(C)C)cn2)cn1. The zero-order valence-electron chi connectivity index (χ0n) is 11.6. The van der Waals surface area contributed by atoms with Crippen molar-refractivity contribution in [2.75, 3.05) is 19.4 Å². The van der Waals surface area contributed by atoms with Crippen LogP contribution in [-0.2, 0) is 16.6 Å². The van der Waals surface area contributed by atoms with E-state index in [1.54, 1.807) is 16.9 Å². The highest BCUT2D eigenvalue weighted by Gasteiger charge is 2.17. The molecule has 0 atom stereocenters. The van der Waals surface area contributed by atoms with Gasteiger partial charge in [-0.15, -0.1) is 0 Å². The molecule has 0 aliphatic carbocycles. The molecule has 2 aromatic rings. The van der Waals surface area contributed by atoms with Crippen molar-refractivity contribution in [2.45, 2.75) is 18.4 Å². The standard InChI is InChI=1S/C12H17N5O2S/c1-4-17-9-10(7-14-17)15-12-6-5-11(8-13-12)20(18,19)16(2)3/h5-9H,4H2,1-3H3,(H,13,15). The van der Waals surface area contributed by atoms with Gasteiger partial charge in [0.15, 0.2) is 0 Å². The molecule has 0 aliphatic heterocycles. The van der Waals surface area contributed by atoms with Crippen molar-refractivity contribution in [1.29, 1.82) is 0 Å². The minimum atomic E-state index is -3.44. The van der Waals surface area contributed by atoms with Gasteiger partial charge in [-0.05, 0) is 19.1 Å². The van der Waals surface area contributed by atoms with Crippen molar-refractivity contribution in [1.82, 2.24) is 19.1 Å². The van der Waals surface area contributed by atoms with E-state index in [0.29, 0.717) is 5.82 Å². The Morgan fingerprint density at radius 2 is 2.05 bits per heavy atom. The smallest absolute Gasteiger partial charge is 0.244 e. The summed E-state index contributed by atoms with van der Waals surface area (Å²) in [5, 5.41) is 7.20. The highest BCUT2D eigenvalue weighted by Crippen LogP contribution is 2.17. The molecule has 0 saturated heterocycles. The molecule has 2 rings (SSSR count). The second kappa shape index (κ2) is 5.59. The Labute approximate surface area is 118 Å². The molecule has 2 aromatic heterocycles. The quantitative estimate of drug-likeness (QED) is 0.899. The number of aryl methyl sites for hydroxylation is 1. The molecule has 0 fully saturated rings. The summed E-state index contributed by atoms with van der Waals surface area (Å²) in [4.78, 5) is 4.27. The summed E-state index contributed by atoms with van der Waals surface area (Å²) in [6.45, 7) is 2.78. The van der Waals surface area contributed by atoms with E-state index in [1.165, 1.54) is 26.4 Å². The number of hydrogen-bond acceptors (Lipinski definition) is 5. The molecular formula is C12H17N5O2S. The maximum atomic E-state index is 11.9. The van der Waals surface area contributed by atoms with Crippen LogP contribution in [0.15, 0.2) is 35.6 Å². The molecule has 0 saturated carbocycles. The van der Waals surface area contributed by atoms with Crippen molar-refractivity contribution >= 4 is 21.5 Å². The number of anilines is 2. The van der Waals surface area contributed by atoms with Gasteiger partial charge >= 0.3 is 0 Å². The fraction of sp³-hybridized carbons (Fsp3) is 0.333. The molecule has 0 amide bonds. The highest BCUT2D eigenvalue weighted by atomic mass is 32.2. The van der Waals surface area contributed by atoms with Gasteiger partial charge in [0, 0.05) is 33.0 Å². The predicted octanol–water partition coefficient (Wildman–Crippen LogP) is 1.29. The first-order valence-electron chi connectivity index (χ1n) is 6.11. The zero-order valence-corrected chi connectivity index (χ0v) is 12.4. The summed E-state index contributed by atoms with van der Waals surface area (Å²) in [7, 11) is -0.466. The lowest BCUT2D eigenvalue weighted by atomic mass is 10.4. The fourth-order valence-corrected chi connectivity index (χ4v) is 2.41. The summed E-state index contributed by atoms with van der Waals surface area (Å²) in [6, 6.07) is 3.15. The van der Waals surface area contributed by atoms with Crippen LogP contribution in [0, 0.1) is 0 Å². The molecule has 0 bridgehead atoms. The Hall–Kier alpha value is -1.93. The van der Waals surface area contributed by atoms with Crippen LogP contribution in [-0.4, -0.2) is 41.6 Å². The van der Waals surface area contributed by atoms with Crippen molar-refractivity contribution in [3.8, 4) is 0 Å². The van der Waals surface area contributed by atoms with Gasteiger partial charge in [-0.1, -0.05) is 0 Å². The van der Waals surface area contributed by atoms with Crippen molar-refractivity contribution in [3.05, 3.63) is 30.7 Å². The molecule has 108 valence electrons. The molecule has 1 N–H and O–H groups in total. The largest absolute Gasteiger partial charge is 0.338 e. The van der Waals surface area contributed by atoms with Gasteiger partial charge in [0.25, 0.3) is 0 Å². The van der Waals surface area contributed by atoms with E-state index in [9.17, 15) is 8.42 Å². The summed E-state index contributed by atoms with van der Waals surface area (Å²) < 4.78 is 26.7. The lowest BCUT2D eigenvalue weighted by molar-refractivity contribution is 0.520. The van der Waals surface area contributed by atoms with E-state index in [-0.39, 0.29) is 4.90 Å². The average Bonchev–Trinajstić information content (AvgIpc) is 2.87. The van der Waals surface area contributed by atoms with Crippen LogP contribution in [0.2, 0.25) is 0 Å². The number of rotatable bonds is 5. The minimum Gasteiger partial charge on any atom is -0.338 e. The number of hydrogen-bond donors (Lipinski definition) is 1. The van der Waals surface area contributed by atoms with Gasteiger partial charge < -0.3 is 5.32 Å². The lowest BCUT2D eigenvalue weighted by Crippen LogP contribution is -2.22. The molecule has 0 radical (unpaired) electrons. The van der Waals surface area contributed by atoms with Crippen LogP contribution in [0.4, 0.5) is 11.5 Å². The maximum Gasteiger partial charge on any atom is 0.244 e. The van der Waals surface area contributed by atoms with Gasteiger partial charge in [-0.25, -0.2) is 17.7 Å². The van der Waals surface area contributed by atoms with Gasteiger partial charge in [0.05, 0.1) is 11.9 Å². The maximum absolute atomic E-state index is 11.9. The van der Waals surface area contributed by atoms with E-state index >= 15 is 0 Å². The molecule has 0 aliphatic rings. The van der Waals surface area contributed by atoms with Gasteiger partial charge in [0.2, 0.25) is 10.0 Å². The molecule has 8 heteroatoms. The summed E-state index contributed by atoms with van der Waals surface area (Å²) >= 11 is 0. The number of pyridine rings is 1. The van der Waals surface area contributed by atoms with Crippen LogP contribution >= 0.6 is 0 Å². The van der Waals surface area contributed by atoms with Crippen LogP contribution in [0.1, 0.15) is 6.92 Å². The van der Waals surface area contributed by atoms with E-state index in [1.807, 2.05) is 13.1 Å². The summed E-state index contributed by atoms with van der Waals surface area (Å²) in [5.74, 6) is 0.568. The van der Waals surface area contributed by atoms with E-state index in [4.69, 9.17) is 0 Å². The second-order valence-electron chi connectivity index (χ2n) is 4.38. The topological polar surface area (TPSA) is 80.1 Å². The molecule has 20 heavy (non-hydrogen) atoms. The molecule has 0 spiro atoms. The Morgan fingerprint density at radius 3 is 2.55 bits per heavy atom. The normalized spacial score (nSPS) is 11.8. The van der Waals surface area contributed by atoms with Crippen LogP contribution < -0.4 is 5.32 Å². The molecule has 0 unspecified atom stereocenters. The average molecular weight is 295 g/mol. The Morgan fingerprint density at radius 1 is 1.30 bits per heavy atom. The monoisotopic (exact) mass is 295 g/mol. The van der Waals surface area contributed by atoms with Gasteiger partial charge in [-0.3, -0.25) is 4.68 Å². The molecule has 2 heterocycles. The third-order valence-electron chi connectivity index (χ3n) is 2.74. The van der Waals surface area contributed by atoms with Crippen molar-refractivity contribution < 1.29 is 8.42 Å². The molecular weight excluding hydrogens is 278 g/mol. The highest BCUT2D eigenvalue weighted by molar-refractivity contribution is 7.89.